The summed E-state index contributed by atoms with van der Waals surface area (Å²) < 4.78 is 25.0. The third-order valence-electron chi connectivity index (χ3n) is 6.89. The molecule has 0 unspecified atom stereocenters. The molecule has 1 aliphatic rings. The second-order valence-electron chi connectivity index (χ2n) is 9.79. The lowest BCUT2D eigenvalue weighted by molar-refractivity contribution is -0.133. The van der Waals surface area contributed by atoms with Gasteiger partial charge in [0.1, 0.15) is 17.9 Å². The van der Waals surface area contributed by atoms with E-state index < -0.39 is 5.82 Å². The molecule has 0 N–H and O–H groups in total. The van der Waals surface area contributed by atoms with Gasteiger partial charge in [0, 0.05) is 30.3 Å². The lowest BCUT2D eigenvalue weighted by atomic mass is 10.1. The highest BCUT2D eigenvalue weighted by Gasteiger charge is 2.28. The molecule has 9 heteroatoms. The predicted octanol–water partition coefficient (Wildman–Crippen LogP) is 5.44. The molecule has 1 aliphatic heterocycles. The van der Waals surface area contributed by atoms with Gasteiger partial charge in [0.15, 0.2) is 5.43 Å². The van der Waals surface area contributed by atoms with Gasteiger partial charge in [-0.1, -0.05) is 41.9 Å². The number of hydrogen-bond acceptors (Lipinski definition) is 5. The molecule has 1 aromatic heterocycles. The van der Waals surface area contributed by atoms with E-state index in [1.54, 1.807) is 60.7 Å². The molecule has 0 saturated carbocycles. The highest BCUT2D eigenvalue weighted by Crippen LogP contribution is 2.19. The van der Waals surface area contributed by atoms with E-state index in [1.165, 1.54) is 28.2 Å². The molecule has 2 amide bonds. The Morgan fingerprint density at radius 1 is 0.975 bits per heavy atom. The van der Waals surface area contributed by atoms with Gasteiger partial charge in [-0.25, -0.2) is 4.39 Å². The maximum absolute atomic E-state index is 13.8. The second-order valence-corrected chi connectivity index (χ2v) is 10.2. The van der Waals surface area contributed by atoms with E-state index >= 15 is 0 Å². The van der Waals surface area contributed by atoms with Gasteiger partial charge in [-0.15, -0.1) is 0 Å². The number of amides is 2. The molecule has 206 valence electrons. The number of nitrogens with zero attached hydrogens (tertiary/aromatic N) is 2. The van der Waals surface area contributed by atoms with Crippen LogP contribution in [-0.4, -0.2) is 47.4 Å². The summed E-state index contributed by atoms with van der Waals surface area (Å²) in [4.78, 5) is 43.5. The summed E-state index contributed by atoms with van der Waals surface area (Å²) in [6.45, 7) is 0.643. The lowest BCUT2D eigenvalue weighted by Gasteiger charge is -2.29. The van der Waals surface area contributed by atoms with E-state index in [1.807, 2.05) is 0 Å². The Morgan fingerprint density at radius 2 is 1.77 bits per heavy atom. The fraction of sp³-hybridized carbons (Fsp3) is 0.258. The normalized spacial score (nSPS) is 14.8. The highest BCUT2D eigenvalue weighted by atomic mass is 35.5. The van der Waals surface area contributed by atoms with Gasteiger partial charge in [0.2, 0.25) is 5.91 Å². The molecule has 0 spiro atoms. The maximum atomic E-state index is 13.8. The summed E-state index contributed by atoms with van der Waals surface area (Å²) in [5, 5.41) is 0.820. The summed E-state index contributed by atoms with van der Waals surface area (Å²) in [7, 11) is 0. The number of hydrogen-bond donors (Lipinski definition) is 0. The van der Waals surface area contributed by atoms with Crippen LogP contribution in [0, 0.1) is 5.82 Å². The van der Waals surface area contributed by atoms with Crippen LogP contribution < -0.4 is 5.43 Å². The van der Waals surface area contributed by atoms with Gasteiger partial charge in [0.25, 0.3) is 5.91 Å². The van der Waals surface area contributed by atoms with Crippen LogP contribution in [0.5, 0.6) is 0 Å². The van der Waals surface area contributed by atoms with E-state index in [0.29, 0.717) is 39.3 Å². The second kappa shape index (κ2) is 12.4. The molecule has 0 radical (unpaired) electrons. The Bertz CT molecular complexity index is 1570. The first kappa shape index (κ1) is 27.6. The van der Waals surface area contributed by atoms with Crippen molar-refractivity contribution < 1.29 is 23.1 Å². The summed E-state index contributed by atoms with van der Waals surface area (Å²) in [5.74, 6) is -1.13. The van der Waals surface area contributed by atoms with Crippen LogP contribution in [0.15, 0.2) is 88.3 Å². The van der Waals surface area contributed by atoms with Crippen molar-refractivity contribution in [2.24, 2.45) is 0 Å². The fourth-order valence-electron chi connectivity index (χ4n) is 4.80. The first-order chi connectivity index (χ1) is 19.4. The van der Waals surface area contributed by atoms with Gasteiger partial charge in [-0.2, -0.15) is 0 Å². The molecular weight excluding hydrogens is 535 g/mol. The van der Waals surface area contributed by atoms with Crippen molar-refractivity contribution in [2.75, 3.05) is 19.7 Å². The Kier molecular flexibility index (Phi) is 8.57. The van der Waals surface area contributed by atoms with E-state index in [2.05, 4.69) is 0 Å². The van der Waals surface area contributed by atoms with Crippen molar-refractivity contribution in [3.8, 4) is 0 Å². The lowest BCUT2D eigenvalue weighted by Crippen LogP contribution is -2.45. The van der Waals surface area contributed by atoms with Crippen molar-refractivity contribution in [3.05, 3.63) is 117 Å². The van der Waals surface area contributed by atoms with Gasteiger partial charge >= 0.3 is 0 Å². The third kappa shape index (κ3) is 6.58. The Labute approximate surface area is 235 Å². The van der Waals surface area contributed by atoms with Gasteiger partial charge < -0.3 is 19.0 Å². The molecule has 2 heterocycles. The van der Waals surface area contributed by atoms with Crippen molar-refractivity contribution in [1.82, 2.24) is 9.80 Å². The zero-order valence-corrected chi connectivity index (χ0v) is 22.5. The minimum absolute atomic E-state index is 0.0531. The quantitative estimate of drug-likeness (QED) is 0.271. The molecule has 40 heavy (non-hydrogen) atoms. The third-order valence-corrected chi connectivity index (χ3v) is 7.12. The van der Waals surface area contributed by atoms with Gasteiger partial charge in [-0.3, -0.25) is 14.4 Å². The number of benzene rings is 3. The Balaban J connectivity index is 1.44. The standard InChI is InChI=1S/C31H28ClFN2O5/c32-24-6-3-5-22(15-24)31(38)35(18-26-7-4-14-39-26)19-29(36)34(16-21-10-12-25(33)13-11-21)17-23-20-40-28-9-2-1-8-27(28)30(23)37/h1-3,5-6,8-13,15,20,26H,4,7,14,16-19H2/t26-/m1/s1. The molecule has 0 bridgehead atoms. The molecule has 3 aromatic carbocycles. The van der Waals surface area contributed by atoms with E-state index in [-0.39, 0.29) is 49.5 Å². The van der Waals surface area contributed by atoms with Gasteiger partial charge in [0.05, 0.1) is 29.9 Å². The number of ether oxygens (including phenoxy) is 1. The number of fused-ring (bicyclic) bond motifs is 1. The zero-order valence-electron chi connectivity index (χ0n) is 21.7. The topological polar surface area (TPSA) is 80.1 Å². The van der Waals surface area contributed by atoms with Crippen LogP contribution in [0.2, 0.25) is 5.02 Å². The molecular formula is C31H28ClFN2O5. The largest absolute Gasteiger partial charge is 0.464 e. The van der Waals surface area contributed by atoms with Crippen LogP contribution in [0.4, 0.5) is 4.39 Å². The molecule has 7 nitrogen and oxygen atoms in total. The SMILES string of the molecule is O=C(CN(C[C@H]1CCCO1)C(=O)c1cccc(Cl)c1)N(Cc1ccc(F)cc1)Cc1coc2ccccc2c1=O. The molecule has 4 aromatic rings. The average molecular weight is 563 g/mol. The number of carbonyl (C=O) groups is 2. The minimum Gasteiger partial charge on any atom is -0.464 e. The van der Waals surface area contributed by atoms with Crippen LogP contribution in [0.25, 0.3) is 11.0 Å². The zero-order chi connectivity index (χ0) is 28.1. The fourth-order valence-corrected chi connectivity index (χ4v) is 4.99. The minimum atomic E-state index is -0.397. The summed E-state index contributed by atoms with van der Waals surface area (Å²) in [6.07, 6.45) is 2.84. The summed E-state index contributed by atoms with van der Waals surface area (Å²) >= 11 is 6.13. The smallest absolute Gasteiger partial charge is 0.254 e. The number of rotatable bonds is 9. The van der Waals surface area contributed by atoms with Gasteiger partial charge in [-0.05, 0) is 60.9 Å². The summed E-state index contributed by atoms with van der Waals surface area (Å²) in [6, 6.07) is 19.3. The van der Waals surface area contributed by atoms with Crippen LogP contribution >= 0.6 is 11.6 Å². The van der Waals surface area contributed by atoms with Crippen molar-refractivity contribution in [2.45, 2.75) is 32.0 Å². The van der Waals surface area contributed by atoms with Crippen molar-refractivity contribution >= 4 is 34.4 Å². The average Bonchev–Trinajstić information content (AvgIpc) is 3.48. The van der Waals surface area contributed by atoms with Crippen molar-refractivity contribution in [1.29, 1.82) is 0 Å². The highest BCUT2D eigenvalue weighted by molar-refractivity contribution is 6.31. The molecule has 1 atom stereocenters. The first-order valence-corrected chi connectivity index (χ1v) is 13.4. The molecule has 5 rings (SSSR count). The van der Waals surface area contributed by atoms with E-state index in [9.17, 15) is 18.8 Å². The Hall–Kier alpha value is -4.01. The van der Waals surface area contributed by atoms with Crippen LogP contribution in [0.3, 0.4) is 0 Å². The molecule has 1 fully saturated rings. The first-order valence-electron chi connectivity index (χ1n) is 13.1. The number of carbonyl (C=O) groups excluding carboxylic acids is 2. The predicted molar refractivity (Wildman–Crippen MR) is 149 cm³/mol. The number of halogens is 2. The maximum Gasteiger partial charge on any atom is 0.254 e. The van der Waals surface area contributed by atoms with Crippen molar-refractivity contribution in [3.63, 3.8) is 0 Å². The summed E-state index contributed by atoms with van der Waals surface area (Å²) in [5.41, 5.74) is 1.53. The van der Waals surface area contributed by atoms with Crippen LogP contribution in [0.1, 0.15) is 34.3 Å². The molecule has 0 aliphatic carbocycles. The van der Waals surface area contributed by atoms with E-state index in [0.717, 1.165) is 12.8 Å². The van der Waals surface area contributed by atoms with E-state index in [4.69, 9.17) is 20.8 Å². The number of para-hydroxylation sites is 1. The molecule has 1 saturated heterocycles. The van der Waals surface area contributed by atoms with Crippen LogP contribution in [-0.2, 0) is 22.6 Å². The Morgan fingerprint density at radius 3 is 2.52 bits per heavy atom. The monoisotopic (exact) mass is 562 g/mol.